The number of aromatic amines is 1. The molecule has 112 valence electrons. The average molecular weight is 286 g/mol. The van der Waals surface area contributed by atoms with E-state index in [9.17, 15) is 4.79 Å². The van der Waals surface area contributed by atoms with E-state index in [4.69, 9.17) is 0 Å². The zero-order chi connectivity index (χ0) is 14.8. The number of H-pyrrole nitrogens is 1. The highest BCUT2D eigenvalue weighted by molar-refractivity contribution is 5.97. The van der Waals surface area contributed by atoms with Gasteiger partial charge in [-0.25, -0.2) is 4.98 Å². The van der Waals surface area contributed by atoms with Crippen molar-refractivity contribution >= 4 is 16.9 Å². The van der Waals surface area contributed by atoms with Crippen LogP contribution >= 0.6 is 0 Å². The molecule has 3 rings (SSSR count). The molecule has 0 spiro atoms. The van der Waals surface area contributed by atoms with Gasteiger partial charge in [-0.1, -0.05) is 6.92 Å². The molecule has 1 aliphatic rings. The number of carbonyl (C=O) groups is 1. The van der Waals surface area contributed by atoms with Crippen LogP contribution in [0.3, 0.4) is 0 Å². The monoisotopic (exact) mass is 286 g/mol. The van der Waals surface area contributed by atoms with Crippen LogP contribution in [0.25, 0.3) is 11.0 Å². The zero-order valence-corrected chi connectivity index (χ0v) is 12.7. The summed E-state index contributed by atoms with van der Waals surface area (Å²) >= 11 is 0. The molecule has 1 aromatic carbocycles. The van der Waals surface area contributed by atoms with Crippen molar-refractivity contribution in [1.82, 2.24) is 19.8 Å². The topological polar surface area (TPSA) is 52.2 Å². The molecule has 5 heteroatoms. The highest BCUT2D eigenvalue weighted by atomic mass is 16.2. The first-order chi connectivity index (χ1) is 10.2. The maximum atomic E-state index is 12.6. The van der Waals surface area contributed by atoms with E-state index in [1.54, 1.807) is 6.33 Å². The van der Waals surface area contributed by atoms with E-state index < -0.39 is 0 Å². The SMILES string of the molecule is CCC(C)N1CCN(C(=O)c2ccc3nc[nH]c3c2)CC1. The van der Waals surface area contributed by atoms with Crippen molar-refractivity contribution in [3.8, 4) is 0 Å². The lowest BCUT2D eigenvalue weighted by Crippen LogP contribution is -2.51. The van der Waals surface area contributed by atoms with Crippen LogP contribution in [-0.2, 0) is 0 Å². The number of hydrogen-bond acceptors (Lipinski definition) is 3. The van der Waals surface area contributed by atoms with Gasteiger partial charge in [-0.2, -0.15) is 0 Å². The summed E-state index contributed by atoms with van der Waals surface area (Å²) in [5.74, 6) is 0.121. The number of fused-ring (bicyclic) bond motifs is 1. The van der Waals surface area contributed by atoms with Crippen molar-refractivity contribution in [1.29, 1.82) is 0 Å². The quantitative estimate of drug-likeness (QED) is 0.940. The summed E-state index contributed by atoms with van der Waals surface area (Å²) < 4.78 is 0. The van der Waals surface area contributed by atoms with Crippen LogP contribution in [0, 0.1) is 0 Å². The number of nitrogens with one attached hydrogen (secondary N) is 1. The first kappa shape index (κ1) is 14.1. The number of piperazine rings is 1. The fourth-order valence-electron chi connectivity index (χ4n) is 2.88. The molecule has 0 saturated carbocycles. The summed E-state index contributed by atoms with van der Waals surface area (Å²) in [5, 5.41) is 0. The van der Waals surface area contributed by atoms with Gasteiger partial charge < -0.3 is 9.88 Å². The molecule has 5 nitrogen and oxygen atoms in total. The maximum absolute atomic E-state index is 12.6. The summed E-state index contributed by atoms with van der Waals surface area (Å²) in [6.07, 6.45) is 2.81. The second kappa shape index (κ2) is 5.85. The first-order valence-electron chi connectivity index (χ1n) is 7.65. The van der Waals surface area contributed by atoms with Crippen molar-refractivity contribution in [3.63, 3.8) is 0 Å². The lowest BCUT2D eigenvalue weighted by Gasteiger charge is -2.37. The Balaban J connectivity index is 1.68. The Morgan fingerprint density at radius 2 is 2.10 bits per heavy atom. The minimum Gasteiger partial charge on any atom is -0.345 e. The summed E-state index contributed by atoms with van der Waals surface area (Å²) in [5.41, 5.74) is 2.55. The van der Waals surface area contributed by atoms with Gasteiger partial charge in [-0.15, -0.1) is 0 Å². The lowest BCUT2D eigenvalue weighted by molar-refractivity contribution is 0.0580. The van der Waals surface area contributed by atoms with Crippen LogP contribution in [-0.4, -0.2) is 57.9 Å². The Morgan fingerprint density at radius 3 is 2.81 bits per heavy atom. The fourth-order valence-corrected chi connectivity index (χ4v) is 2.88. The van der Waals surface area contributed by atoms with E-state index in [0.717, 1.165) is 49.2 Å². The number of aromatic nitrogens is 2. The molecule has 0 bridgehead atoms. The van der Waals surface area contributed by atoms with Gasteiger partial charge in [0, 0.05) is 37.8 Å². The number of hydrogen-bond donors (Lipinski definition) is 1. The van der Waals surface area contributed by atoms with Crippen molar-refractivity contribution in [2.24, 2.45) is 0 Å². The third kappa shape index (κ3) is 2.78. The largest absolute Gasteiger partial charge is 0.345 e. The van der Waals surface area contributed by atoms with E-state index in [-0.39, 0.29) is 5.91 Å². The van der Waals surface area contributed by atoms with Crippen molar-refractivity contribution in [2.45, 2.75) is 26.3 Å². The summed E-state index contributed by atoms with van der Waals surface area (Å²) in [4.78, 5) is 24.2. The zero-order valence-electron chi connectivity index (χ0n) is 12.7. The van der Waals surface area contributed by atoms with E-state index in [1.165, 1.54) is 0 Å². The van der Waals surface area contributed by atoms with Crippen LogP contribution in [0.1, 0.15) is 30.6 Å². The van der Waals surface area contributed by atoms with Gasteiger partial charge in [0.15, 0.2) is 0 Å². The molecule has 2 heterocycles. The smallest absolute Gasteiger partial charge is 0.254 e. The Labute approximate surface area is 125 Å². The second-order valence-corrected chi connectivity index (χ2v) is 5.72. The molecule has 1 fully saturated rings. The van der Waals surface area contributed by atoms with Crippen LogP contribution in [0.2, 0.25) is 0 Å². The van der Waals surface area contributed by atoms with Gasteiger partial charge in [0.1, 0.15) is 0 Å². The minimum absolute atomic E-state index is 0.121. The van der Waals surface area contributed by atoms with E-state index in [1.807, 2.05) is 23.1 Å². The Kier molecular flexibility index (Phi) is 3.92. The van der Waals surface area contributed by atoms with Crippen molar-refractivity contribution in [3.05, 3.63) is 30.1 Å². The Hall–Kier alpha value is -1.88. The van der Waals surface area contributed by atoms with Crippen molar-refractivity contribution < 1.29 is 4.79 Å². The van der Waals surface area contributed by atoms with Crippen LogP contribution in [0.4, 0.5) is 0 Å². The lowest BCUT2D eigenvalue weighted by atomic mass is 10.1. The van der Waals surface area contributed by atoms with Gasteiger partial charge in [-0.3, -0.25) is 9.69 Å². The first-order valence-corrected chi connectivity index (χ1v) is 7.65. The molecule has 1 aliphatic heterocycles. The normalized spacial score (nSPS) is 18.1. The molecule has 1 amide bonds. The Bertz CT molecular complexity index is 628. The number of carbonyl (C=O) groups excluding carboxylic acids is 1. The number of amides is 1. The van der Waals surface area contributed by atoms with E-state index in [0.29, 0.717) is 6.04 Å². The molecule has 0 radical (unpaired) electrons. The highest BCUT2D eigenvalue weighted by Crippen LogP contribution is 2.15. The molecule has 1 unspecified atom stereocenters. The predicted octanol–water partition coefficient (Wildman–Crippen LogP) is 2.12. The van der Waals surface area contributed by atoms with Gasteiger partial charge in [-0.05, 0) is 31.5 Å². The van der Waals surface area contributed by atoms with E-state index >= 15 is 0 Å². The summed E-state index contributed by atoms with van der Waals surface area (Å²) in [6, 6.07) is 6.26. The maximum Gasteiger partial charge on any atom is 0.254 e. The Morgan fingerprint density at radius 1 is 1.33 bits per heavy atom. The number of benzene rings is 1. The standard InChI is InChI=1S/C16H22N4O/c1-3-12(2)19-6-8-20(9-7-19)16(21)13-4-5-14-15(10-13)18-11-17-14/h4-5,10-12H,3,6-9H2,1-2H3,(H,17,18). The van der Waals surface area contributed by atoms with Crippen molar-refractivity contribution in [2.75, 3.05) is 26.2 Å². The van der Waals surface area contributed by atoms with Crippen LogP contribution in [0.15, 0.2) is 24.5 Å². The fraction of sp³-hybridized carbons (Fsp3) is 0.500. The van der Waals surface area contributed by atoms with Gasteiger partial charge >= 0.3 is 0 Å². The number of rotatable bonds is 3. The molecule has 0 aliphatic carbocycles. The second-order valence-electron chi connectivity index (χ2n) is 5.72. The molecular weight excluding hydrogens is 264 g/mol. The van der Waals surface area contributed by atoms with Gasteiger partial charge in [0.05, 0.1) is 17.4 Å². The third-order valence-corrected chi connectivity index (χ3v) is 4.48. The third-order valence-electron chi connectivity index (χ3n) is 4.48. The van der Waals surface area contributed by atoms with E-state index in [2.05, 4.69) is 28.7 Å². The summed E-state index contributed by atoms with van der Waals surface area (Å²) in [7, 11) is 0. The van der Waals surface area contributed by atoms with Gasteiger partial charge in [0.2, 0.25) is 0 Å². The molecule has 2 aromatic rings. The highest BCUT2D eigenvalue weighted by Gasteiger charge is 2.24. The van der Waals surface area contributed by atoms with Gasteiger partial charge in [0.25, 0.3) is 5.91 Å². The minimum atomic E-state index is 0.121. The van der Waals surface area contributed by atoms with Crippen LogP contribution < -0.4 is 0 Å². The molecule has 1 atom stereocenters. The number of nitrogens with zero attached hydrogens (tertiary/aromatic N) is 3. The average Bonchev–Trinajstić information content (AvgIpc) is 3.01. The molecule has 1 saturated heterocycles. The summed E-state index contributed by atoms with van der Waals surface area (Å²) in [6.45, 7) is 8.01. The predicted molar refractivity (Wildman–Crippen MR) is 83.3 cm³/mol. The molecular formula is C16H22N4O. The molecule has 1 aromatic heterocycles. The molecule has 1 N–H and O–H groups in total. The van der Waals surface area contributed by atoms with Crippen LogP contribution in [0.5, 0.6) is 0 Å². The number of imidazole rings is 1. The molecule has 21 heavy (non-hydrogen) atoms.